The molecule has 0 radical (unpaired) electrons. The molecule has 16 heteroatoms. The summed E-state index contributed by atoms with van der Waals surface area (Å²) in [5.74, 6) is 7.05. The molecular weight excluding hydrogens is 2190 g/mol. The Kier molecular flexibility index (Phi) is 37.2. The summed E-state index contributed by atoms with van der Waals surface area (Å²) in [6.45, 7) is 47.0. The van der Waals surface area contributed by atoms with Gasteiger partial charge in [-0.15, -0.1) is 137 Å². The molecule has 135 heavy (non-hydrogen) atoms. The van der Waals surface area contributed by atoms with Crippen LogP contribution in [-0.4, -0.2) is 52.5 Å². The van der Waals surface area contributed by atoms with Crippen molar-refractivity contribution in [1.82, 2.24) is 38.5 Å². The van der Waals surface area contributed by atoms with Crippen molar-refractivity contribution in [3.05, 3.63) is 430 Å². The molecular formula is C119H125Ir3N12O. The van der Waals surface area contributed by atoms with E-state index in [2.05, 4.69) is 327 Å². The number of benzene rings is 12. The molecule has 0 atom stereocenters. The van der Waals surface area contributed by atoms with Gasteiger partial charge in [-0.1, -0.05) is 239 Å². The van der Waals surface area contributed by atoms with Crippen LogP contribution in [0.5, 0.6) is 0 Å². The average Bonchev–Trinajstić information content (AvgIpc) is 1.70. The summed E-state index contributed by atoms with van der Waals surface area (Å²) in [4.78, 5) is 26.2. The number of hydrogen-bond acceptors (Lipinski definition) is 10. The van der Waals surface area contributed by atoms with Crippen LogP contribution < -0.4 is 19.6 Å². The molecule has 0 bridgehead atoms. The number of anilines is 4. The van der Waals surface area contributed by atoms with Gasteiger partial charge in [0.05, 0.1) is 17.5 Å². The zero-order chi connectivity index (χ0) is 93.2. The van der Waals surface area contributed by atoms with Crippen LogP contribution in [-0.2, 0) is 60.3 Å². The number of rotatable bonds is 20. The molecule has 19 rings (SSSR count). The molecule has 0 spiro atoms. The van der Waals surface area contributed by atoms with Crippen molar-refractivity contribution < 1.29 is 64.7 Å². The van der Waals surface area contributed by atoms with Crippen LogP contribution in [0.2, 0.25) is 0 Å². The maximum Gasteiger partial charge on any atom is 3.00 e. The number of furan rings is 1. The smallest absolute Gasteiger partial charge is 0.514 e. The monoisotopic (exact) mass is 2320 g/mol. The zero-order valence-electron chi connectivity index (χ0n) is 81.3. The Morgan fingerprint density at radius 3 is 1.03 bits per heavy atom. The number of aromatic nitrogens is 6. The van der Waals surface area contributed by atoms with E-state index in [9.17, 15) is 0 Å². The third kappa shape index (κ3) is 25.2. The SMILES string of the molecule is CC(C)c1cc(C(C)C)c(-n2ccnc2-c2[c-]cccc2)c(C(C)C)c1.CC(C)c1cc(C(C)C)c(-n2ccnc2-c2[c-]cccc2)c(C(C)C)c1.CC(C)c1cc(C(C)C)c(-n2ccnc2-c2[c-]cccc2)c(C(C)C)c1.CN1C=CN(c2[c-]ccc(-c3ccccc3)c2)[CH-]1.CN1C=CN(c2[c-]ccc3c2oc2ccccc23)[CH-]1.[Ir+3].[Ir+3].[Ir+3].[c-]1ccccc1N1C=CN(c2ccccc2)[CH-]1. The molecule has 3 aliphatic rings. The minimum absolute atomic E-state index is 0. The van der Waals surface area contributed by atoms with E-state index >= 15 is 0 Å². The third-order valence-corrected chi connectivity index (χ3v) is 23.7. The van der Waals surface area contributed by atoms with Crippen molar-refractivity contribution in [1.29, 1.82) is 0 Å². The fourth-order valence-corrected chi connectivity index (χ4v) is 16.5. The van der Waals surface area contributed by atoms with Gasteiger partial charge in [0.1, 0.15) is 5.58 Å². The molecule has 3 aliphatic heterocycles. The number of imidazole rings is 3. The van der Waals surface area contributed by atoms with Crippen LogP contribution in [0.4, 0.5) is 22.7 Å². The van der Waals surface area contributed by atoms with Crippen molar-refractivity contribution in [3.8, 4) is 62.4 Å². The van der Waals surface area contributed by atoms with E-state index < -0.39 is 0 Å². The molecule has 4 aromatic heterocycles. The molecule has 12 aromatic carbocycles. The molecule has 0 N–H and O–H groups in total. The summed E-state index contributed by atoms with van der Waals surface area (Å²) < 4.78 is 12.7. The van der Waals surface area contributed by atoms with Gasteiger partial charge < -0.3 is 47.5 Å². The molecule has 0 saturated carbocycles. The fraction of sp³-hybridized carbons (Fsp3) is 0.244. The van der Waals surface area contributed by atoms with E-state index in [0.717, 1.165) is 78.9 Å². The Labute approximate surface area is 844 Å². The predicted molar refractivity (Wildman–Crippen MR) is 551 cm³/mol. The van der Waals surface area contributed by atoms with Gasteiger partial charge in [0.15, 0.2) is 0 Å². The molecule has 7 heterocycles. The Morgan fingerprint density at radius 1 is 0.289 bits per heavy atom. The first-order chi connectivity index (χ1) is 63.8. The zero-order valence-corrected chi connectivity index (χ0v) is 88.5. The first-order valence-corrected chi connectivity index (χ1v) is 46.4. The second-order valence-corrected chi connectivity index (χ2v) is 36.5. The van der Waals surface area contributed by atoms with Gasteiger partial charge in [-0.05, 0) is 178 Å². The van der Waals surface area contributed by atoms with E-state index in [1.807, 2.05) is 249 Å². The van der Waals surface area contributed by atoms with Crippen molar-refractivity contribution >= 4 is 44.7 Å². The van der Waals surface area contributed by atoms with Gasteiger partial charge in [-0.25, -0.2) is 0 Å². The van der Waals surface area contributed by atoms with Gasteiger partial charge in [0, 0.05) is 70.9 Å². The minimum atomic E-state index is 0. The van der Waals surface area contributed by atoms with Crippen LogP contribution in [0.15, 0.2) is 328 Å². The Balaban J connectivity index is 0.000000156. The molecule has 0 fully saturated rings. The fourth-order valence-electron chi connectivity index (χ4n) is 16.5. The van der Waals surface area contributed by atoms with Gasteiger partial charge in [0.25, 0.3) is 0 Å². The first kappa shape index (κ1) is 104. The molecule has 13 nitrogen and oxygen atoms in total. The quantitative estimate of drug-likeness (QED) is 0.0688. The maximum atomic E-state index is 5.99. The summed E-state index contributed by atoms with van der Waals surface area (Å²) in [6.07, 6.45) is 24.0. The summed E-state index contributed by atoms with van der Waals surface area (Å²) >= 11 is 0. The predicted octanol–water partition coefficient (Wildman–Crippen LogP) is 30.8. The Hall–Kier alpha value is -12.0. The van der Waals surface area contributed by atoms with E-state index in [1.165, 1.54) is 78.3 Å². The molecule has 694 valence electrons. The van der Waals surface area contributed by atoms with Crippen LogP contribution in [0, 0.1) is 56.4 Å². The van der Waals surface area contributed by atoms with Crippen LogP contribution in [0.25, 0.3) is 84.3 Å². The topological polar surface area (TPSA) is 86.0 Å². The van der Waals surface area contributed by atoms with E-state index in [1.54, 1.807) is 0 Å². The molecule has 0 aliphatic carbocycles. The van der Waals surface area contributed by atoms with Crippen LogP contribution in [0.1, 0.15) is 228 Å². The molecule has 0 saturated heterocycles. The summed E-state index contributed by atoms with van der Waals surface area (Å²) in [6, 6.07) is 105. The van der Waals surface area contributed by atoms with Gasteiger partial charge in [0.2, 0.25) is 0 Å². The Morgan fingerprint density at radius 2 is 0.644 bits per heavy atom. The second kappa shape index (κ2) is 48.5. The summed E-state index contributed by atoms with van der Waals surface area (Å²) in [5.41, 5.74) is 27.9. The summed E-state index contributed by atoms with van der Waals surface area (Å²) in [7, 11) is 4.01. The minimum Gasteiger partial charge on any atom is -0.514 e. The molecule has 0 unspecified atom stereocenters. The number of para-hydroxylation sites is 3. The van der Waals surface area contributed by atoms with Crippen molar-refractivity contribution in [3.63, 3.8) is 0 Å². The average molecular weight is 2320 g/mol. The molecule has 0 amide bonds. The van der Waals surface area contributed by atoms with E-state index in [-0.39, 0.29) is 60.3 Å². The van der Waals surface area contributed by atoms with Crippen LogP contribution in [0.3, 0.4) is 0 Å². The second-order valence-electron chi connectivity index (χ2n) is 36.5. The van der Waals surface area contributed by atoms with Crippen molar-refractivity contribution in [2.75, 3.05) is 33.7 Å². The normalized spacial score (nSPS) is 12.6. The maximum absolute atomic E-state index is 5.99. The molecule has 16 aromatic rings. The summed E-state index contributed by atoms with van der Waals surface area (Å²) in [5, 5.41) is 2.27. The Bertz CT molecular complexity index is 6020. The van der Waals surface area contributed by atoms with Crippen LogP contribution >= 0.6 is 0 Å². The van der Waals surface area contributed by atoms with Gasteiger partial charge in [-0.3, -0.25) is 15.0 Å². The number of nitrogens with zero attached hydrogens (tertiary/aromatic N) is 12. The van der Waals surface area contributed by atoms with Crippen molar-refractivity contribution in [2.45, 2.75) is 178 Å². The largest absolute Gasteiger partial charge is 3.00 e. The van der Waals surface area contributed by atoms with E-state index in [4.69, 9.17) is 4.42 Å². The number of hydrogen-bond donors (Lipinski definition) is 0. The van der Waals surface area contributed by atoms with Gasteiger partial charge in [-0.2, -0.15) is 80.1 Å². The van der Waals surface area contributed by atoms with Gasteiger partial charge >= 0.3 is 60.3 Å². The van der Waals surface area contributed by atoms with E-state index in [0.29, 0.717) is 53.3 Å². The number of fused-ring (bicyclic) bond motifs is 3. The third-order valence-electron chi connectivity index (χ3n) is 23.7. The van der Waals surface area contributed by atoms with Crippen molar-refractivity contribution in [2.24, 2.45) is 0 Å². The standard InChI is InChI=1S/3C24H29N2.C16H12N2O.C16H14N2.C15H12N2.3Ir/c3*1-16(2)20-14-21(17(3)4)23(22(15-20)18(5)6)26-13-12-25-24(26)19-10-8-7-9-11-19;1-17-9-10-18(11-17)14-7-4-6-13-12-5-2-3-8-15(12)19-16(13)14;1-17-10-11-18(13-17)16-9-5-8-15(12-16)14-6-3-2-4-7-14;1-3-7-14(8-4-1)16-11-12-17(13-16)15-9-5-2-6-10-15;;;/h3*7-10,12-18H,1-6H3;2-6,8-11H,1H3;2-8,10-13H,1H3;1-9,11-13H;;;/q3*-1;3*-2;3*+3. The first-order valence-electron chi connectivity index (χ1n) is 46.4.